The van der Waals surface area contributed by atoms with Crippen LogP contribution in [0.15, 0.2) is 83.7 Å². The molecule has 0 saturated carbocycles. The molecule has 0 aliphatic carbocycles. The van der Waals surface area contributed by atoms with Gasteiger partial charge in [-0.15, -0.1) is 0 Å². The number of benzene rings is 3. The molecule has 3 aromatic carbocycles. The molecule has 0 saturated heterocycles. The maximum Gasteiger partial charge on any atom is 0.265 e. The smallest absolute Gasteiger partial charge is 0.265 e. The SMILES string of the molecule is CCc1nc2c(c(=O)n1[C@H](C)c1ccccc1)c1nc3ccccc3nc1n2Cc1ccc(F)cc1. The molecule has 178 valence electrons. The van der Waals surface area contributed by atoms with Crippen LogP contribution in [-0.2, 0) is 13.0 Å². The van der Waals surface area contributed by atoms with Gasteiger partial charge >= 0.3 is 0 Å². The van der Waals surface area contributed by atoms with Crippen LogP contribution >= 0.6 is 0 Å². The molecule has 7 heteroatoms. The molecule has 0 aliphatic rings. The molecule has 0 fully saturated rings. The minimum Gasteiger partial charge on any atom is -0.304 e. The van der Waals surface area contributed by atoms with Crippen molar-refractivity contribution in [3.05, 3.63) is 112 Å². The molecular formula is C29H24FN5O. The highest BCUT2D eigenvalue weighted by molar-refractivity contribution is 6.04. The Morgan fingerprint density at radius 2 is 1.50 bits per heavy atom. The van der Waals surface area contributed by atoms with E-state index in [1.165, 1.54) is 12.1 Å². The standard InChI is InChI=1S/C29H24FN5O/c1-3-24-33-27-25(29(36)35(24)18(2)20-9-5-4-6-10-20)26-28(32-23-12-8-7-11-22(23)31-26)34(27)17-19-13-15-21(30)16-14-19/h4-16,18H,3,17H2,1-2H3/t18-/m1/s1. The van der Waals surface area contributed by atoms with Crippen LogP contribution < -0.4 is 5.56 Å². The monoisotopic (exact) mass is 477 g/mol. The quantitative estimate of drug-likeness (QED) is 0.322. The Hall–Kier alpha value is -4.39. The van der Waals surface area contributed by atoms with Crippen molar-refractivity contribution in [2.75, 3.05) is 0 Å². The Bertz CT molecular complexity index is 1790. The van der Waals surface area contributed by atoms with E-state index in [-0.39, 0.29) is 17.4 Å². The molecule has 3 aromatic heterocycles. The van der Waals surface area contributed by atoms with Crippen LogP contribution in [0.1, 0.15) is 36.8 Å². The van der Waals surface area contributed by atoms with Gasteiger partial charge in [-0.2, -0.15) is 0 Å². The van der Waals surface area contributed by atoms with Crippen molar-refractivity contribution in [3.63, 3.8) is 0 Å². The number of para-hydroxylation sites is 2. The van der Waals surface area contributed by atoms with Gasteiger partial charge in [0.15, 0.2) is 11.3 Å². The first kappa shape index (κ1) is 22.1. The van der Waals surface area contributed by atoms with E-state index in [2.05, 4.69) is 0 Å². The van der Waals surface area contributed by atoms with Crippen molar-refractivity contribution in [2.24, 2.45) is 0 Å². The number of fused-ring (bicyclic) bond motifs is 4. The number of halogens is 1. The average molecular weight is 478 g/mol. The lowest BCUT2D eigenvalue weighted by atomic mass is 10.1. The van der Waals surface area contributed by atoms with Crippen LogP contribution in [0.4, 0.5) is 4.39 Å². The number of rotatable bonds is 5. The van der Waals surface area contributed by atoms with Gasteiger partial charge in [0.1, 0.15) is 22.5 Å². The molecule has 6 nitrogen and oxygen atoms in total. The van der Waals surface area contributed by atoms with Crippen molar-refractivity contribution in [1.82, 2.24) is 24.1 Å². The Kier molecular flexibility index (Phi) is 5.33. The zero-order valence-corrected chi connectivity index (χ0v) is 20.0. The van der Waals surface area contributed by atoms with E-state index in [0.717, 1.165) is 16.6 Å². The molecule has 0 spiro atoms. The van der Waals surface area contributed by atoms with E-state index in [0.29, 0.717) is 46.5 Å². The number of aryl methyl sites for hydroxylation is 1. The summed E-state index contributed by atoms with van der Waals surface area (Å²) in [6.45, 7) is 4.41. The van der Waals surface area contributed by atoms with Gasteiger partial charge in [-0.1, -0.05) is 61.5 Å². The van der Waals surface area contributed by atoms with Gasteiger partial charge in [0.05, 0.1) is 23.6 Å². The summed E-state index contributed by atoms with van der Waals surface area (Å²) < 4.78 is 17.3. The molecule has 6 aromatic rings. The fourth-order valence-electron chi connectivity index (χ4n) is 4.87. The van der Waals surface area contributed by atoms with Crippen molar-refractivity contribution in [3.8, 4) is 0 Å². The van der Waals surface area contributed by atoms with Gasteiger partial charge in [-0.3, -0.25) is 9.36 Å². The molecule has 0 aliphatic heterocycles. The van der Waals surface area contributed by atoms with Crippen LogP contribution in [0.5, 0.6) is 0 Å². The van der Waals surface area contributed by atoms with Crippen molar-refractivity contribution >= 4 is 33.2 Å². The van der Waals surface area contributed by atoms with Crippen LogP contribution in [0.3, 0.4) is 0 Å². The topological polar surface area (TPSA) is 65.6 Å². The fourth-order valence-corrected chi connectivity index (χ4v) is 4.87. The summed E-state index contributed by atoms with van der Waals surface area (Å²) in [6.07, 6.45) is 0.587. The third-order valence-corrected chi connectivity index (χ3v) is 6.71. The summed E-state index contributed by atoms with van der Waals surface area (Å²) in [5, 5.41) is 0.449. The lowest BCUT2D eigenvalue weighted by molar-refractivity contribution is 0.573. The van der Waals surface area contributed by atoms with E-state index in [1.54, 1.807) is 16.7 Å². The Morgan fingerprint density at radius 3 is 2.19 bits per heavy atom. The molecule has 3 heterocycles. The molecule has 0 N–H and O–H groups in total. The van der Waals surface area contributed by atoms with Gasteiger partial charge < -0.3 is 4.57 Å². The van der Waals surface area contributed by atoms with Crippen molar-refractivity contribution in [2.45, 2.75) is 32.9 Å². The molecule has 1 atom stereocenters. The number of hydrogen-bond donors (Lipinski definition) is 0. The Balaban J connectivity index is 1.69. The zero-order valence-electron chi connectivity index (χ0n) is 20.0. The molecular weight excluding hydrogens is 453 g/mol. The highest BCUT2D eigenvalue weighted by Crippen LogP contribution is 2.28. The molecule has 0 bridgehead atoms. The summed E-state index contributed by atoms with van der Waals surface area (Å²) in [4.78, 5) is 29.0. The minimum absolute atomic E-state index is 0.138. The first-order valence-corrected chi connectivity index (χ1v) is 12.0. The lowest BCUT2D eigenvalue weighted by Crippen LogP contribution is -2.28. The summed E-state index contributed by atoms with van der Waals surface area (Å²) in [6, 6.07) is 23.7. The summed E-state index contributed by atoms with van der Waals surface area (Å²) in [7, 11) is 0. The summed E-state index contributed by atoms with van der Waals surface area (Å²) >= 11 is 0. The maximum atomic E-state index is 14.2. The van der Waals surface area contributed by atoms with E-state index < -0.39 is 0 Å². The van der Waals surface area contributed by atoms with Gasteiger partial charge in [0.25, 0.3) is 5.56 Å². The second-order valence-electron chi connectivity index (χ2n) is 8.94. The van der Waals surface area contributed by atoms with Crippen LogP contribution in [-0.4, -0.2) is 24.1 Å². The Labute approximate surface area is 206 Å². The second kappa shape index (κ2) is 8.68. The highest BCUT2D eigenvalue weighted by Gasteiger charge is 2.24. The van der Waals surface area contributed by atoms with Gasteiger partial charge in [0, 0.05) is 6.42 Å². The number of nitrogens with zero attached hydrogens (tertiary/aromatic N) is 5. The third kappa shape index (κ3) is 3.55. The molecule has 36 heavy (non-hydrogen) atoms. The second-order valence-corrected chi connectivity index (χ2v) is 8.94. The van der Waals surface area contributed by atoms with Crippen LogP contribution in [0, 0.1) is 5.82 Å². The normalized spacial score (nSPS) is 12.5. The number of hydrogen-bond acceptors (Lipinski definition) is 4. The van der Waals surface area contributed by atoms with Crippen LogP contribution in [0.25, 0.3) is 33.2 Å². The highest BCUT2D eigenvalue weighted by atomic mass is 19.1. The summed E-state index contributed by atoms with van der Waals surface area (Å²) in [5.74, 6) is 0.396. The first-order valence-electron chi connectivity index (χ1n) is 12.0. The fraction of sp³-hybridized carbons (Fsp3) is 0.172. The van der Waals surface area contributed by atoms with E-state index in [4.69, 9.17) is 15.0 Å². The van der Waals surface area contributed by atoms with E-state index in [1.807, 2.05) is 73.0 Å². The van der Waals surface area contributed by atoms with E-state index >= 15 is 0 Å². The van der Waals surface area contributed by atoms with Crippen molar-refractivity contribution < 1.29 is 4.39 Å². The molecule has 0 unspecified atom stereocenters. The minimum atomic E-state index is -0.295. The molecule has 0 radical (unpaired) electrons. The average Bonchev–Trinajstić information content (AvgIpc) is 3.20. The van der Waals surface area contributed by atoms with Gasteiger partial charge in [-0.05, 0) is 42.3 Å². The predicted molar refractivity (Wildman–Crippen MR) is 140 cm³/mol. The van der Waals surface area contributed by atoms with Crippen LogP contribution in [0.2, 0.25) is 0 Å². The van der Waals surface area contributed by atoms with Gasteiger partial charge in [0.2, 0.25) is 0 Å². The molecule has 6 rings (SSSR count). The first-order chi connectivity index (χ1) is 17.5. The molecule has 0 amide bonds. The summed E-state index contributed by atoms with van der Waals surface area (Å²) in [5.41, 5.74) is 4.89. The third-order valence-electron chi connectivity index (χ3n) is 6.71. The largest absolute Gasteiger partial charge is 0.304 e. The lowest BCUT2D eigenvalue weighted by Gasteiger charge is -2.19. The predicted octanol–water partition coefficient (Wildman–Crippen LogP) is 5.65. The maximum absolute atomic E-state index is 14.2. The van der Waals surface area contributed by atoms with E-state index in [9.17, 15) is 9.18 Å². The van der Waals surface area contributed by atoms with Gasteiger partial charge in [-0.25, -0.2) is 19.3 Å². The Morgan fingerprint density at radius 1 is 0.833 bits per heavy atom. The van der Waals surface area contributed by atoms with Crippen molar-refractivity contribution in [1.29, 1.82) is 0 Å². The zero-order chi connectivity index (χ0) is 24.8. The number of aromatic nitrogens is 5.